The van der Waals surface area contributed by atoms with E-state index in [0.29, 0.717) is 18.0 Å². The predicted octanol–water partition coefficient (Wildman–Crippen LogP) is 2.66. The van der Waals surface area contributed by atoms with Gasteiger partial charge in [-0.05, 0) is 64.0 Å². The van der Waals surface area contributed by atoms with E-state index < -0.39 is 0 Å². The van der Waals surface area contributed by atoms with E-state index >= 15 is 0 Å². The third-order valence-electron chi connectivity index (χ3n) is 5.15. The molecule has 2 rings (SSSR count). The highest BCUT2D eigenvalue weighted by atomic mass is 15.2. The first kappa shape index (κ1) is 16.5. The average Bonchev–Trinajstić information content (AvgIpc) is 2.42. The van der Waals surface area contributed by atoms with Gasteiger partial charge >= 0.3 is 0 Å². The van der Waals surface area contributed by atoms with Crippen LogP contribution in [0.15, 0.2) is 24.3 Å². The summed E-state index contributed by atoms with van der Waals surface area (Å²) in [6.45, 7) is 5.07. The Labute approximate surface area is 130 Å². The van der Waals surface area contributed by atoms with E-state index in [1.54, 1.807) is 0 Å². The fourth-order valence-electron chi connectivity index (χ4n) is 3.29. The molecule has 0 spiro atoms. The van der Waals surface area contributed by atoms with Crippen molar-refractivity contribution in [1.29, 1.82) is 0 Å². The zero-order chi connectivity index (χ0) is 15.5. The van der Waals surface area contributed by atoms with Crippen LogP contribution < -0.4 is 5.73 Å². The van der Waals surface area contributed by atoms with Crippen LogP contribution in [-0.4, -0.2) is 49.6 Å². The molecule has 1 aliphatic rings. The fourth-order valence-corrected chi connectivity index (χ4v) is 3.29. The van der Waals surface area contributed by atoms with Crippen molar-refractivity contribution in [2.45, 2.75) is 44.2 Å². The van der Waals surface area contributed by atoms with Crippen LogP contribution >= 0.6 is 0 Å². The molecule has 1 atom stereocenters. The van der Waals surface area contributed by atoms with Crippen molar-refractivity contribution in [1.82, 2.24) is 9.80 Å². The summed E-state index contributed by atoms with van der Waals surface area (Å²) < 4.78 is 0. The molecule has 0 bridgehead atoms. The van der Waals surface area contributed by atoms with Crippen molar-refractivity contribution in [3.63, 3.8) is 0 Å². The first-order chi connectivity index (χ1) is 9.97. The second-order valence-electron chi connectivity index (χ2n) is 7.02. The lowest BCUT2D eigenvalue weighted by atomic mass is 9.75. The maximum atomic E-state index is 5.73. The summed E-state index contributed by atoms with van der Waals surface area (Å²) in [5.74, 6) is 0.448. The molecule has 0 aromatic heterocycles. The monoisotopic (exact) mass is 289 g/mol. The molecule has 1 unspecified atom stereocenters. The molecule has 0 saturated heterocycles. The molecule has 1 aliphatic carbocycles. The summed E-state index contributed by atoms with van der Waals surface area (Å²) in [4.78, 5) is 4.87. The van der Waals surface area contributed by atoms with E-state index in [4.69, 9.17) is 5.73 Å². The fraction of sp³-hybridized carbons (Fsp3) is 0.667. The van der Waals surface area contributed by atoms with Crippen molar-refractivity contribution in [3.05, 3.63) is 35.4 Å². The SMILES string of the molecule is CC(CN)c1ccc(CN(C)CC2(N(C)C)CCC2)cc1. The van der Waals surface area contributed by atoms with Gasteiger partial charge in [0.15, 0.2) is 0 Å². The molecule has 3 nitrogen and oxygen atoms in total. The Morgan fingerprint density at radius 2 is 1.76 bits per heavy atom. The van der Waals surface area contributed by atoms with Crippen molar-refractivity contribution >= 4 is 0 Å². The third-order valence-corrected chi connectivity index (χ3v) is 5.15. The smallest absolute Gasteiger partial charge is 0.0330 e. The highest BCUT2D eigenvalue weighted by Gasteiger charge is 2.39. The maximum absolute atomic E-state index is 5.73. The Bertz CT molecular complexity index is 434. The van der Waals surface area contributed by atoms with Gasteiger partial charge < -0.3 is 15.5 Å². The minimum Gasteiger partial charge on any atom is -0.330 e. The first-order valence-corrected chi connectivity index (χ1v) is 8.12. The second kappa shape index (κ2) is 6.91. The van der Waals surface area contributed by atoms with E-state index in [9.17, 15) is 0 Å². The zero-order valence-electron chi connectivity index (χ0n) is 14.1. The van der Waals surface area contributed by atoms with Crippen molar-refractivity contribution in [3.8, 4) is 0 Å². The molecule has 118 valence electrons. The third kappa shape index (κ3) is 3.85. The van der Waals surface area contributed by atoms with E-state index in [1.165, 1.54) is 30.4 Å². The van der Waals surface area contributed by atoms with Crippen LogP contribution in [0.3, 0.4) is 0 Å². The average molecular weight is 289 g/mol. The Kier molecular flexibility index (Phi) is 5.42. The van der Waals surface area contributed by atoms with Crippen LogP contribution in [0.5, 0.6) is 0 Å². The van der Waals surface area contributed by atoms with Crippen molar-refractivity contribution in [2.24, 2.45) is 5.73 Å². The van der Waals surface area contributed by atoms with Crippen LogP contribution in [0.2, 0.25) is 0 Å². The minimum atomic E-state index is 0.406. The van der Waals surface area contributed by atoms with Gasteiger partial charge in [0.25, 0.3) is 0 Å². The molecular weight excluding hydrogens is 258 g/mol. The largest absolute Gasteiger partial charge is 0.330 e. The number of hydrogen-bond donors (Lipinski definition) is 1. The van der Waals surface area contributed by atoms with Crippen LogP contribution in [0.4, 0.5) is 0 Å². The van der Waals surface area contributed by atoms with Gasteiger partial charge in [0.2, 0.25) is 0 Å². The van der Waals surface area contributed by atoms with Gasteiger partial charge in [-0.25, -0.2) is 0 Å². The molecule has 0 aliphatic heterocycles. The van der Waals surface area contributed by atoms with Crippen LogP contribution in [-0.2, 0) is 6.54 Å². The van der Waals surface area contributed by atoms with Gasteiger partial charge in [-0.2, -0.15) is 0 Å². The zero-order valence-corrected chi connectivity index (χ0v) is 14.1. The summed E-state index contributed by atoms with van der Waals surface area (Å²) in [5, 5.41) is 0. The van der Waals surface area contributed by atoms with Crippen LogP contribution in [0.25, 0.3) is 0 Å². The van der Waals surface area contributed by atoms with Gasteiger partial charge in [0, 0.05) is 18.6 Å². The lowest BCUT2D eigenvalue weighted by Crippen LogP contribution is -2.56. The first-order valence-electron chi connectivity index (χ1n) is 8.12. The Hall–Kier alpha value is -0.900. The molecule has 21 heavy (non-hydrogen) atoms. The summed E-state index contributed by atoms with van der Waals surface area (Å²) in [6.07, 6.45) is 4.03. The lowest BCUT2D eigenvalue weighted by Gasteiger charge is -2.49. The van der Waals surface area contributed by atoms with Crippen molar-refractivity contribution < 1.29 is 0 Å². The highest BCUT2D eigenvalue weighted by Crippen LogP contribution is 2.36. The van der Waals surface area contributed by atoms with Crippen LogP contribution in [0, 0.1) is 0 Å². The van der Waals surface area contributed by atoms with Crippen LogP contribution in [0.1, 0.15) is 43.2 Å². The van der Waals surface area contributed by atoms with Gasteiger partial charge in [-0.3, -0.25) is 0 Å². The minimum absolute atomic E-state index is 0.406. The molecule has 3 heteroatoms. The normalized spacial score (nSPS) is 18.8. The van der Waals surface area contributed by atoms with Gasteiger partial charge in [-0.15, -0.1) is 0 Å². The van der Waals surface area contributed by atoms with Gasteiger partial charge in [0.05, 0.1) is 0 Å². The van der Waals surface area contributed by atoms with E-state index in [1.807, 2.05) is 0 Å². The van der Waals surface area contributed by atoms with Crippen molar-refractivity contribution in [2.75, 3.05) is 34.2 Å². The topological polar surface area (TPSA) is 32.5 Å². The number of likely N-dealkylation sites (N-methyl/N-ethyl adjacent to an activating group) is 2. The van der Waals surface area contributed by atoms with Gasteiger partial charge in [0.1, 0.15) is 0 Å². The maximum Gasteiger partial charge on any atom is 0.0330 e. The molecule has 0 amide bonds. The summed E-state index contributed by atoms with van der Waals surface area (Å²) in [6, 6.07) is 8.96. The van der Waals surface area contributed by atoms with E-state index in [2.05, 4.69) is 62.1 Å². The molecule has 1 saturated carbocycles. The highest BCUT2D eigenvalue weighted by molar-refractivity contribution is 5.25. The number of hydrogen-bond acceptors (Lipinski definition) is 3. The molecular formula is C18H31N3. The Balaban J connectivity index is 1.92. The van der Waals surface area contributed by atoms with E-state index in [0.717, 1.165) is 13.1 Å². The molecule has 0 radical (unpaired) electrons. The Morgan fingerprint density at radius 3 is 2.19 bits per heavy atom. The predicted molar refractivity (Wildman–Crippen MR) is 90.5 cm³/mol. The van der Waals surface area contributed by atoms with E-state index in [-0.39, 0.29) is 0 Å². The summed E-state index contributed by atoms with van der Waals surface area (Å²) in [5.41, 5.74) is 8.86. The second-order valence-corrected chi connectivity index (χ2v) is 7.02. The number of benzene rings is 1. The molecule has 2 N–H and O–H groups in total. The number of nitrogens with zero attached hydrogens (tertiary/aromatic N) is 2. The lowest BCUT2D eigenvalue weighted by molar-refractivity contribution is 0.0259. The molecule has 1 fully saturated rings. The standard InChI is InChI=1S/C18H31N3/c1-15(12-19)17-8-6-16(7-9-17)13-21(4)14-18(20(2)3)10-5-11-18/h6-9,15H,5,10-14,19H2,1-4H3. The number of nitrogens with two attached hydrogens (primary N) is 1. The van der Waals surface area contributed by atoms with Gasteiger partial charge in [-0.1, -0.05) is 31.2 Å². The summed E-state index contributed by atoms with van der Waals surface area (Å²) >= 11 is 0. The molecule has 0 heterocycles. The number of rotatable bonds is 7. The quantitative estimate of drug-likeness (QED) is 0.837. The summed E-state index contributed by atoms with van der Waals surface area (Å²) in [7, 11) is 6.67. The molecule has 1 aromatic rings. The Morgan fingerprint density at radius 1 is 1.14 bits per heavy atom. The molecule has 1 aromatic carbocycles.